The van der Waals surface area contributed by atoms with Gasteiger partial charge in [-0.15, -0.1) is 5.10 Å². The molecule has 0 saturated carbocycles. The lowest BCUT2D eigenvalue weighted by Gasteiger charge is -2.24. The van der Waals surface area contributed by atoms with E-state index in [1.54, 1.807) is 23.7 Å². The normalized spacial score (nSPS) is 15.8. The molecule has 0 bridgehead atoms. The zero-order chi connectivity index (χ0) is 21.7. The highest BCUT2D eigenvalue weighted by Crippen LogP contribution is 2.27. The van der Waals surface area contributed by atoms with Crippen LogP contribution in [-0.4, -0.2) is 26.9 Å². The summed E-state index contributed by atoms with van der Waals surface area (Å²) in [5, 5.41) is 8.26. The Hall–Kier alpha value is -3.59. The van der Waals surface area contributed by atoms with Crippen molar-refractivity contribution in [3.05, 3.63) is 75.2 Å². The van der Waals surface area contributed by atoms with Crippen molar-refractivity contribution >= 4 is 10.9 Å². The van der Waals surface area contributed by atoms with Gasteiger partial charge in [0, 0.05) is 10.9 Å². The molecule has 9 heteroatoms. The molecule has 0 radical (unpaired) electrons. The first kappa shape index (κ1) is 19.4. The minimum atomic E-state index is -0.463. The van der Waals surface area contributed by atoms with Crippen LogP contribution < -0.4 is 15.5 Å². The van der Waals surface area contributed by atoms with Crippen LogP contribution in [0.5, 0.6) is 5.75 Å². The monoisotopic (exact) mass is 423 g/mol. The van der Waals surface area contributed by atoms with Gasteiger partial charge in [-0.3, -0.25) is 4.79 Å². The molecule has 1 aliphatic heterocycles. The number of halogens is 2. The summed E-state index contributed by atoms with van der Waals surface area (Å²) in [5.41, 5.74) is 2.07. The summed E-state index contributed by atoms with van der Waals surface area (Å²) in [5.74, 6) is 0.427. The van der Waals surface area contributed by atoms with E-state index in [0.717, 1.165) is 11.4 Å². The van der Waals surface area contributed by atoms with Crippen LogP contribution in [-0.2, 0) is 13.1 Å². The van der Waals surface area contributed by atoms with Crippen LogP contribution in [0.1, 0.15) is 23.0 Å². The minimum absolute atomic E-state index is 0.101. The van der Waals surface area contributed by atoms with Gasteiger partial charge in [-0.25, -0.2) is 18.4 Å². The molecule has 4 aromatic rings. The summed E-state index contributed by atoms with van der Waals surface area (Å²) in [6.45, 7) is 2.61. The maximum Gasteiger partial charge on any atom is 0.198 e. The highest BCUT2D eigenvalue weighted by molar-refractivity contribution is 5.82. The second-order valence-electron chi connectivity index (χ2n) is 7.51. The average molecular weight is 423 g/mol. The van der Waals surface area contributed by atoms with Crippen LogP contribution in [0.2, 0.25) is 0 Å². The molecule has 0 amide bonds. The molecule has 3 heterocycles. The Bertz CT molecular complexity index is 1380. The number of aromatic amines is 1. The summed E-state index contributed by atoms with van der Waals surface area (Å²) in [6.07, 6.45) is 0. The lowest BCUT2D eigenvalue weighted by Crippen LogP contribution is -2.33. The molecule has 0 aliphatic carbocycles. The third-order valence-corrected chi connectivity index (χ3v) is 5.61. The van der Waals surface area contributed by atoms with E-state index in [-0.39, 0.29) is 22.6 Å². The Morgan fingerprint density at radius 1 is 1.19 bits per heavy atom. The number of H-pyrrole nitrogens is 1. The van der Waals surface area contributed by atoms with E-state index in [9.17, 15) is 13.6 Å². The molecule has 0 saturated heterocycles. The summed E-state index contributed by atoms with van der Waals surface area (Å²) in [4.78, 5) is 20.5. The van der Waals surface area contributed by atoms with Crippen molar-refractivity contribution in [1.29, 1.82) is 0 Å². The molecule has 2 N–H and O–H groups in total. The van der Waals surface area contributed by atoms with Gasteiger partial charge in [0.25, 0.3) is 0 Å². The number of hydrogen-bond donors (Lipinski definition) is 2. The van der Waals surface area contributed by atoms with Crippen LogP contribution in [0.25, 0.3) is 22.4 Å². The van der Waals surface area contributed by atoms with Crippen molar-refractivity contribution in [2.75, 3.05) is 7.11 Å². The SMILES string of the molecule is COc1cc(C2Cn3nc(-c4[nH]c5ccc(F)cc5c(=O)c4C)nc3CN2)ccc1F. The molecule has 158 valence electrons. The van der Waals surface area contributed by atoms with Crippen molar-refractivity contribution in [1.82, 2.24) is 25.1 Å². The number of hydrogen-bond acceptors (Lipinski definition) is 5. The fourth-order valence-electron chi connectivity index (χ4n) is 3.91. The maximum atomic E-state index is 13.7. The molecule has 5 rings (SSSR count). The number of fused-ring (bicyclic) bond motifs is 2. The van der Waals surface area contributed by atoms with Gasteiger partial charge < -0.3 is 15.0 Å². The number of ether oxygens (including phenoxy) is 1. The number of nitrogens with one attached hydrogen (secondary N) is 2. The summed E-state index contributed by atoms with van der Waals surface area (Å²) >= 11 is 0. The van der Waals surface area contributed by atoms with Crippen LogP contribution in [0.15, 0.2) is 41.2 Å². The molecule has 2 aromatic carbocycles. The van der Waals surface area contributed by atoms with Crippen LogP contribution >= 0.6 is 0 Å². The Labute approximate surface area is 175 Å². The number of rotatable bonds is 3. The van der Waals surface area contributed by atoms with E-state index < -0.39 is 11.6 Å². The third kappa shape index (κ3) is 3.27. The smallest absolute Gasteiger partial charge is 0.198 e. The van der Waals surface area contributed by atoms with Gasteiger partial charge in [0.2, 0.25) is 0 Å². The van der Waals surface area contributed by atoms with Crippen LogP contribution in [0.3, 0.4) is 0 Å². The number of aromatic nitrogens is 4. The standard InChI is InChI=1S/C22H19F2N5O2/c1-11-20(26-16-6-4-13(23)8-14(16)21(11)30)22-27-19-9-25-17(10-29(19)28-22)12-3-5-15(24)18(7-12)31-2/h3-8,17,25H,9-10H2,1-2H3,(H,26,30). The van der Waals surface area contributed by atoms with Gasteiger partial charge in [0.05, 0.1) is 37.5 Å². The van der Waals surface area contributed by atoms with Crippen molar-refractivity contribution in [2.45, 2.75) is 26.1 Å². The third-order valence-electron chi connectivity index (χ3n) is 5.61. The molecular weight excluding hydrogens is 404 g/mol. The predicted molar refractivity (Wildman–Crippen MR) is 111 cm³/mol. The Morgan fingerprint density at radius 2 is 2.03 bits per heavy atom. The van der Waals surface area contributed by atoms with E-state index in [2.05, 4.69) is 20.4 Å². The molecule has 0 fully saturated rings. The molecule has 1 unspecified atom stereocenters. The average Bonchev–Trinajstić information content (AvgIpc) is 3.20. The molecule has 7 nitrogen and oxygen atoms in total. The quantitative estimate of drug-likeness (QED) is 0.529. The molecule has 2 aromatic heterocycles. The highest BCUT2D eigenvalue weighted by atomic mass is 19.1. The first-order valence-corrected chi connectivity index (χ1v) is 9.77. The largest absolute Gasteiger partial charge is 0.494 e. The van der Waals surface area contributed by atoms with Crippen LogP contribution in [0.4, 0.5) is 8.78 Å². The van der Waals surface area contributed by atoms with Gasteiger partial charge in [-0.1, -0.05) is 6.07 Å². The molecule has 1 atom stereocenters. The van der Waals surface area contributed by atoms with Crippen molar-refractivity contribution in [3.63, 3.8) is 0 Å². The number of methoxy groups -OCH3 is 1. The zero-order valence-electron chi connectivity index (χ0n) is 16.9. The topological polar surface area (TPSA) is 84.8 Å². The van der Waals surface area contributed by atoms with Gasteiger partial charge in [-0.05, 0) is 42.8 Å². The van der Waals surface area contributed by atoms with Gasteiger partial charge in [-0.2, -0.15) is 0 Å². The molecular formula is C22H19F2N5O2. The number of nitrogens with zero attached hydrogens (tertiary/aromatic N) is 3. The van der Waals surface area contributed by atoms with Gasteiger partial charge in [0.15, 0.2) is 22.8 Å². The van der Waals surface area contributed by atoms with E-state index in [4.69, 9.17) is 4.74 Å². The van der Waals surface area contributed by atoms with E-state index >= 15 is 0 Å². The Kier molecular flexibility index (Phi) is 4.55. The first-order chi connectivity index (χ1) is 14.9. The number of pyridine rings is 1. The zero-order valence-corrected chi connectivity index (χ0v) is 16.9. The Balaban J connectivity index is 1.51. The van der Waals surface area contributed by atoms with Crippen LogP contribution in [0, 0.1) is 18.6 Å². The fourth-order valence-corrected chi connectivity index (χ4v) is 3.91. The van der Waals surface area contributed by atoms with Crippen molar-refractivity contribution in [2.24, 2.45) is 0 Å². The van der Waals surface area contributed by atoms with E-state index in [1.165, 1.54) is 31.4 Å². The van der Waals surface area contributed by atoms with Gasteiger partial charge >= 0.3 is 0 Å². The number of benzene rings is 2. The molecule has 0 spiro atoms. The van der Waals surface area contributed by atoms with E-state index in [1.807, 2.05) is 0 Å². The van der Waals surface area contributed by atoms with Gasteiger partial charge in [0.1, 0.15) is 11.6 Å². The summed E-state index contributed by atoms with van der Waals surface area (Å²) in [7, 11) is 1.43. The Morgan fingerprint density at radius 3 is 2.84 bits per heavy atom. The minimum Gasteiger partial charge on any atom is -0.494 e. The molecule has 1 aliphatic rings. The predicted octanol–water partition coefficient (Wildman–Crippen LogP) is 3.23. The fraction of sp³-hybridized carbons (Fsp3) is 0.227. The summed E-state index contributed by atoms with van der Waals surface area (Å²) in [6, 6.07) is 8.71. The maximum absolute atomic E-state index is 13.7. The van der Waals surface area contributed by atoms with E-state index in [0.29, 0.717) is 35.7 Å². The van der Waals surface area contributed by atoms with Crippen molar-refractivity contribution in [3.8, 4) is 17.3 Å². The first-order valence-electron chi connectivity index (χ1n) is 9.77. The second-order valence-corrected chi connectivity index (χ2v) is 7.51. The summed E-state index contributed by atoms with van der Waals surface area (Å²) < 4.78 is 34.2. The molecule has 31 heavy (non-hydrogen) atoms. The highest BCUT2D eigenvalue weighted by Gasteiger charge is 2.25. The van der Waals surface area contributed by atoms with Crippen molar-refractivity contribution < 1.29 is 13.5 Å². The lowest BCUT2D eigenvalue weighted by atomic mass is 10.1. The lowest BCUT2D eigenvalue weighted by molar-refractivity contribution is 0.364. The second kappa shape index (κ2) is 7.28.